The summed E-state index contributed by atoms with van der Waals surface area (Å²) in [4.78, 5) is 28.0. The molecule has 0 aliphatic heterocycles. The molecule has 4 rings (SSSR count). The van der Waals surface area contributed by atoms with Crippen LogP contribution in [0.4, 0.5) is 11.5 Å². The number of nitrogens with one attached hydrogen (secondary N) is 1. The van der Waals surface area contributed by atoms with Crippen LogP contribution in [0.3, 0.4) is 0 Å². The summed E-state index contributed by atoms with van der Waals surface area (Å²) in [5.41, 5.74) is 4.75. The highest BCUT2D eigenvalue weighted by atomic mass is 16.3. The summed E-state index contributed by atoms with van der Waals surface area (Å²) in [5.74, 6) is -0.109. The van der Waals surface area contributed by atoms with Crippen molar-refractivity contribution < 1.29 is 9.90 Å². The van der Waals surface area contributed by atoms with E-state index in [1.54, 1.807) is 37.3 Å². The molecule has 0 atom stereocenters. The van der Waals surface area contributed by atoms with Crippen LogP contribution in [0.2, 0.25) is 0 Å². The smallest absolute Gasteiger partial charge is 0.299 e. The van der Waals surface area contributed by atoms with Crippen molar-refractivity contribution in [3.8, 4) is 22.6 Å². The minimum atomic E-state index is -0.431. The number of H-pyrrole nitrogens is 1. The molecule has 32 heavy (non-hydrogen) atoms. The maximum atomic E-state index is 12.9. The largest absolute Gasteiger partial charge is 0.504 e. The van der Waals surface area contributed by atoms with Crippen LogP contribution in [-0.2, 0) is 0 Å². The first-order valence-electron chi connectivity index (χ1n) is 9.93. The molecule has 0 spiro atoms. The van der Waals surface area contributed by atoms with Gasteiger partial charge in [-0.05, 0) is 55.7 Å². The summed E-state index contributed by atoms with van der Waals surface area (Å²) < 4.78 is 1.29. The van der Waals surface area contributed by atoms with E-state index in [0.29, 0.717) is 28.8 Å². The van der Waals surface area contributed by atoms with Gasteiger partial charge >= 0.3 is 0 Å². The summed E-state index contributed by atoms with van der Waals surface area (Å²) in [7, 11) is 0. The molecular formula is C24H21N5O3. The van der Waals surface area contributed by atoms with Crippen molar-refractivity contribution in [1.82, 2.24) is 14.8 Å². The third-order valence-corrected chi connectivity index (χ3v) is 5.27. The van der Waals surface area contributed by atoms with Crippen LogP contribution >= 0.6 is 0 Å². The number of hydrogen-bond donors (Lipinski definition) is 2. The molecule has 160 valence electrons. The van der Waals surface area contributed by atoms with E-state index >= 15 is 0 Å². The van der Waals surface area contributed by atoms with Crippen LogP contribution in [0, 0.1) is 20.8 Å². The number of aldehydes is 1. The molecule has 2 heterocycles. The number of azo groups is 1. The van der Waals surface area contributed by atoms with Crippen LogP contribution < -0.4 is 5.56 Å². The van der Waals surface area contributed by atoms with Crippen molar-refractivity contribution in [3.63, 3.8) is 0 Å². The van der Waals surface area contributed by atoms with Gasteiger partial charge < -0.3 is 5.11 Å². The van der Waals surface area contributed by atoms with E-state index in [9.17, 15) is 14.7 Å². The van der Waals surface area contributed by atoms with E-state index in [-0.39, 0.29) is 17.3 Å². The fraction of sp³-hybridized carbons (Fsp3) is 0.125. The van der Waals surface area contributed by atoms with E-state index in [2.05, 4.69) is 20.3 Å². The predicted octanol–water partition coefficient (Wildman–Crippen LogP) is 5.09. The summed E-state index contributed by atoms with van der Waals surface area (Å²) in [6.07, 6.45) is 2.24. The average molecular weight is 427 g/mol. The first kappa shape index (κ1) is 20.9. The van der Waals surface area contributed by atoms with E-state index < -0.39 is 5.56 Å². The Morgan fingerprint density at radius 1 is 1.03 bits per heavy atom. The molecule has 0 saturated carbocycles. The van der Waals surface area contributed by atoms with Crippen LogP contribution in [0.1, 0.15) is 27.2 Å². The lowest BCUT2D eigenvalue weighted by Gasteiger charge is -2.08. The lowest BCUT2D eigenvalue weighted by molar-refractivity contribution is 0.112. The molecule has 2 aromatic carbocycles. The second-order valence-corrected chi connectivity index (χ2v) is 7.47. The van der Waals surface area contributed by atoms with Gasteiger partial charge in [-0.25, -0.2) is 9.67 Å². The van der Waals surface area contributed by atoms with Crippen molar-refractivity contribution in [2.75, 3.05) is 0 Å². The van der Waals surface area contributed by atoms with Crippen LogP contribution in [0.15, 0.2) is 69.8 Å². The molecule has 0 bridgehead atoms. The Kier molecular flexibility index (Phi) is 5.51. The summed E-state index contributed by atoms with van der Waals surface area (Å²) in [5, 5.41) is 21.8. The van der Waals surface area contributed by atoms with E-state index in [4.69, 9.17) is 0 Å². The van der Waals surface area contributed by atoms with Crippen LogP contribution in [0.25, 0.3) is 16.8 Å². The van der Waals surface area contributed by atoms with Crippen LogP contribution in [-0.4, -0.2) is 26.2 Å². The zero-order valence-corrected chi connectivity index (χ0v) is 17.8. The first-order valence-corrected chi connectivity index (χ1v) is 9.93. The number of carbonyl (C=O) groups is 1. The Hall–Kier alpha value is -4.33. The Morgan fingerprint density at radius 3 is 2.59 bits per heavy atom. The summed E-state index contributed by atoms with van der Waals surface area (Å²) in [6, 6.07) is 14.2. The average Bonchev–Trinajstić information content (AvgIpc) is 3.08. The minimum absolute atomic E-state index is 0.00947. The maximum absolute atomic E-state index is 12.9. The van der Waals surface area contributed by atoms with Crippen molar-refractivity contribution in [3.05, 3.63) is 87.5 Å². The number of hydrogen-bond acceptors (Lipinski definition) is 6. The third kappa shape index (κ3) is 3.85. The highest BCUT2D eigenvalue weighted by molar-refractivity contribution is 5.76. The third-order valence-electron chi connectivity index (χ3n) is 5.27. The van der Waals surface area contributed by atoms with Gasteiger partial charge in [-0.3, -0.25) is 14.7 Å². The number of aryl methyl sites for hydroxylation is 3. The van der Waals surface area contributed by atoms with Gasteiger partial charge in [-0.15, -0.1) is 10.2 Å². The predicted molar refractivity (Wildman–Crippen MR) is 122 cm³/mol. The Balaban J connectivity index is 1.71. The summed E-state index contributed by atoms with van der Waals surface area (Å²) >= 11 is 0. The number of pyridine rings is 1. The number of nitrogens with zero attached hydrogens (tertiary/aromatic N) is 4. The molecule has 0 radical (unpaired) electrons. The van der Waals surface area contributed by atoms with Gasteiger partial charge in [0.2, 0.25) is 5.82 Å². The molecule has 0 aliphatic carbocycles. The standard InChI is InChI=1S/C24H21N5O3/c1-14-7-8-18(11-15(14)2)20-9-10-25-23(22(20)31)27-26-21-16(3)28-29(24(21)32)19-6-4-5-17(12-19)13-30/h4-13,28,31H,1-3H3. The fourth-order valence-electron chi connectivity index (χ4n) is 3.33. The number of aromatic hydroxyl groups is 1. The minimum Gasteiger partial charge on any atom is -0.504 e. The number of carbonyl (C=O) groups excluding carboxylic acids is 1. The van der Waals surface area contributed by atoms with Gasteiger partial charge in [0.05, 0.1) is 11.4 Å². The SMILES string of the molecule is Cc1ccc(-c2ccnc(N=Nc3c(C)[nH]n(-c4cccc(C=O)c4)c3=O)c2O)cc1C. The quantitative estimate of drug-likeness (QED) is 0.341. The molecule has 0 fully saturated rings. The lowest BCUT2D eigenvalue weighted by atomic mass is 10.0. The molecule has 8 heteroatoms. The van der Waals surface area contributed by atoms with Gasteiger partial charge in [0, 0.05) is 17.3 Å². The Bertz CT molecular complexity index is 1420. The molecule has 0 amide bonds. The van der Waals surface area contributed by atoms with E-state index in [1.165, 1.54) is 10.9 Å². The number of rotatable bonds is 5. The van der Waals surface area contributed by atoms with Crippen molar-refractivity contribution >= 4 is 17.8 Å². The number of aromatic nitrogens is 3. The van der Waals surface area contributed by atoms with Gasteiger partial charge in [-0.2, -0.15) is 0 Å². The first-order chi connectivity index (χ1) is 15.4. The normalized spacial score (nSPS) is 11.2. The van der Waals surface area contributed by atoms with E-state index in [0.717, 1.165) is 16.7 Å². The Morgan fingerprint density at radius 2 is 1.84 bits per heavy atom. The molecule has 4 aromatic rings. The monoisotopic (exact) mass is 427 g/mol. The van der Waals surface area contributed by atoms with Gasteiger partial charge in [0.1, 0.15) is 6.29 Å². The lowest BCUT2D eigenvalue weighted by Crippen LogP contribution is -2.14. The highest BCUT2D eigenvalue weighted by Gasteiger charge is 2.14. The fourth-order valence-corrected chi connectivity index (χ4v) is 3.33. The second-order valence-electron chi connectivity index (χ2n) is 7.47. The molecule has 0 saturated heterocycles. The highest BCUT2D eigenvalue weighted by Crippen LogP contribution is 2.36. The van der Waals surface area contributed by atoms with Crippen molar-refractivity contribution in [2.24, 2.45) is 10.2 Å². The topological polar surface area (TPSA) is 113 Å². The van der Waals surface area contributed by atoms with Crippen LogP contribution in [0.5, 0.6) is 5.75 Å². The maximum Gasteiger partial charge on any atom is 0.299 e. The number of benzene rings is 2. The van der Waals surface area contributed by atoms with E-state index in [1.807, 2.05) is 32.0 Å². The van der Waals surface area contributed by atoms with Gasteiger partial charge in [-0.1, -0.05) is 30.3 Å². The molecule has 2 N–H and O–H groups in total. The van der Waals surface area contributed by atoms with Gasteiger partial charge in [0.25, 0.3) is 5.56 Å². The molecule has 8 nitrogen and oxygen atoms in total. The zero-order chi connectivity index (χ0) is 22.8. The molecular weight excluding hydrogens is 406 g/mol. The molecule has 2 aromatic heterocycles. The second kappa shape index (κ2) is 8.43. The molecule has 0 aliphatic rings. The van der Waals surface area contributed by atoms with Crippen molar-refractivity contribution in [2.45, 2.75) is 20.8 Å². The van der Waals surface area contributed by atoms with Crippen molar-refractivity contribution in [1.29, 1.82) is 0 Å². The van der Waals surface area contributed by atoms with Gasteiger partial charge in [0.15, 0.2) is 11.4 Å². The Labute approximate surface area is 183 Å². The number of aromatic amines is 1. The summed E-state index contributed by atoms with van der Waals surface area (Å²) in [6.45, 7) is 5.71. The molecule has 0 unspecified atom stereocenters. The zero-order valence-electron chi connectivity index (χ0n) is 17.8.